The molecule has 1 fully saturated rings. The second kappa shape index (κ2) is 12.5. The van der Waals surface area contributed by atoms with Gasteiger partial charge in [0.25, 0.3) is 11.0 Å². The molecule has 3 aromatic rings. The Morgan fingerprint density at radius 1 is 1.28 bits per heavy atom. The monoisotopic (exact) mass is 572 g/mol. The highest BCUT2D eigenvalue weighted by Gasteiger charge is 2.31. The SMILES string of the molecule is COc1c(C(=O)NC2CCCOC2=O)nc(-c2ccc(Cl)cc2Cl)n1-c1ccc(C#CCCO[N+](=O)[O-])cc1. The zero-order chi connectivity index (χ0) is 27.9. The van der Waals surface area contributed by atoms with E-state index in [2.05, 4.69) is 27.0 Å². The van der Waals surface area contributed by atoms with Crippen LogP contribution < -0.4 is 10.1 Å². The fraction of sp³-hybridized carbons (Fsp3) is 0.269. The van der Waals surface area contributed by atoms with Gasteiger partial charge in [-0.3, -0.25) is 9.36 Å². The lowest BCUT2D eigenvalue weighted by Crippen LogP contribution is -2.44. The van der Waals surface area contributed by atoms with Crippen molar-refractivity contribution in [1.29, 1.82) is 0 Å². The number of esters is 1. The molecule has 1 aliphatic rings. The van der Waals surface area contributed by atoms with Gasteiger partial charge < -0.3 is 19.6 Å². The minimum atomic E-state index is -0.866. The number of halogens is 2. The third-order valence-electron chi connectivity index (χ3n) is 5.67. The zero-order valence-corrected chi connectivity index (χ0v) is 22.1. The Morgan fingerprint density at radius 2 is 2.05 bits per heavy atom. The van der Waals surface area contributed by atoms with Crippen molar-refractivity contribution in [2.45, 2.75) is 25.3 Å². The van der Waals surface area contributed by atoms with E-state index in [1.54, 1.807) is 47.0 Å². The van der Waals surface area contributed by atoms with E-state index in [1.807, 2.05) is 0 Å². The predicted octanol–water partition coefficient (Wildman–Crippen LogP) is 4.24. The Labute approximate surface area is 233 Å². The average Bonchev–Trinajstić information content (AvgIpc) is 3.29. The summed E-state index contributed by atoms with van der Waals surface area (Å²) in [4.78, 5) is 44.4. The van der Waals surface area contributed by atoms with Crippen molar-refractivity contribution in [3.63, 3.8) is 0 Å². The molecule has 0 aliphatic carbocycles. The van der Waals surface area contributed by atoms with Gasteiger partial charge in [0.1, 0.15) is 18.5 Å². The van der Waals surface area contributed by atoms with Gasteiger partial charge in [-0.25, -0.2) is 9.78 Å². The molecule has 1 N–H and O–H groups in total. The Balaban J connectivity index is 1.72. The number of ether oxygens (including phenoxy) is 2. The molecular formula is C26H22Cl2N4O7. The molecule has 1 unspecified atom stereocenters. The molecule has 1 atom stereocenters. The molecule has 2 heterocycles. The van der Waals surface area contributed by atoms with Crippen LogP contribution in [0, 0.1) is 22.0 Å². The number of amides is 1. The first-order valence-corrected chi connectivity index (χ1v) is 12.5. The standard InChI is InChI=1S/C26H22Cl2N4O7/c1-37-25-22(24(33)29-21-6-4-13-38-26(21)34)30-23(19-12-9-17(27)15-20(19)28)31(25)18-10-7-16(8-11-18)5-2-3-14-39-32(35)36/h7-12,15,21H,3-4,6,13-14H2,1H3,(H,29,33). The Kier molecular flexibility index (Phi) is 8.91. The maximum atomic E-state index is 13.3. The van der Waals surface area contributed by atoms with E-state index in [4.69, 9.17) is 32.7 Å². The van der Waals surface area contributed by atoms with E-state index in [-0.39, 0.29) is 24.6 Å². The van der Waals surface area contributed by atoms with Gasteiger partial charge in [-0.1, -0.05) is 35.0 Å². The van der Waals surface area contributed by atoms with Gasteiger partial charge in [-0.15, -0.1) is 10.1 Å². The molecule has 4 rings (SSSR count). The van der Waals surface area contributed by atoms with E-state index >= 15 is 0 Å². The molecule has 0 saturated carbocycles. The highest BCUT2D eigenvalue weighted by atomic mass is 35.5. The average molecular weight is 573 g/mol. The largest absolute Gasteiger partial charge is 0.480 e. The number of cyclic esters (lactones) is 1. The Hall–Kier alpha value is -4.27. The number of hydrogen-bond donors (Lipinski definition) is 1. The van der Waals surface area contributed by atoms with Crippen LogP contribution >= 0.6 is 23.2 Å². The molecule has 0 spiro atoms. The maximum Gasteiger partial charge on any atom is 0.328 e. The Bertz CT molecular complexity index is 1460. The molecule has 2 aromatic carbocycles. The predicted molar refractivity (Wildman–Crippen MR) is 141 cm³/mol. The summed E-state index contributed by atoms with van der Waals surface area (Å²) < 4.78 is 12.3. The van der Waals surface area contributed by atoms with E-state index in [1.165, 1.54) is 7.11 Å². The first-order chi connectivity index (χ1) is 18.8. The van der Waals surface area contributed by atoms with Crippen molar-refractivity contribution in [3.8, 4) is 34.8 Å². The molecule has 202 valence electrons. The van der Waals surface area contributed by atoms with Crippen molar-refractivity contribution in [1.82, 2.24) is 14.9 Å². The number of benzene rings is 2. The van der Waals surface area contributed by atoms with Crippen molar-refractivity contribution < 1.29 is 29.0 Å². The number of aromatic nitrogens is 2. The van der Waals surface area contributed by atoms with Gasteiger partial charge in [0, 0.05) is 22.6 Å². The van der Waals surface area contributed by atoms with Crippen molar-refractivity contribution in [2.24, 2.45) is 0 Å². The number of carbonyl (C=O) groups is 2. The highest BCUT2D eigenvalue weighted by molar-refractivity contribution is 6.36. The molecule has 11 nitrogen and oxygen atoms in total. The minimum Gasteiger partial charge on any atom is -0.480 e. The van der Waals surface area contributed by atoms with E-state index in [0.717, 1.165) is 0 Å². The van der Waals surface area contributed by atoms with Gasteiger partial charge in [-0.2, -0.15) is 0 Å². The third kappa shape index (κ3) is 6.60. The summed E-state index contributed by atoms with van der Waals surface area (Å²) in [6.07, 6.45) is 1.26. The van der Waals surface area contributed by atoms with E-state index in [0.29, 0.717) is 52.1 Å². The summed E-state index contributed by atoms with van der Waals surface area (Å²) in [5.74, 6) is 5.02. The van der Waals surface area contributed by atoms with Crippen LogP contribution in [-0.2, 0) is 14.4 Å². The molecule has 39 heavy (non-hydrogen) atoms. The molecule has 1 amide bonds. The van der Waals surface area contributed by atoms with E-state index in [9.17, 15) is 19.7 Å². The molecule has 1 aromatic heterocycles. The molecule has 0 bridgehead atoms. The summed E-state index contributed by atoms with van der Waals surface area (Å²) in [7, 11) is 1.40. The van der Waals surface area contributed by atoms with Gasteiger partial charge >= 0.3 is 5.97 Å². The van der Waals surface area contributed by atoms with Crippen molar-refractivity contribution in [2.75, 3.05) is 20.3 Å². The summed E-state index contributed by atoms with van der Waals surface area (Å²) >= 11 is 12.6. The number of imidazole rings is 1. The topological polar surface area (TPSA) is 135 Å². The maximum absolute atomic E-state index is 13.3. The van der Waals surface area contributed by atoms with Crippen LogP contribution in [0.3, 0.4) is 0 Å². The fourth-order valence-electron chi connectivity index (χ4n) is 3.90. The van der Waals surface area contributed by atoms with Crippen LogP contribution in [0.2, 0.25) is 10.0 Å². The van der Waals surface area contributed by atoms with Crippen molar-refractivity contribution >= 4 is 35.1 Å². The molecule has 0 radical (unpaired) electrons. The highest BCUT2D eigenvalue weighted by Crippen LogP contribution is 2.36. The lowest BCUT2D eigenvalue weighted by Gasteiger charge is -2.21. The fourth-order valence-corrected chi connectivity index (χ4v) is 4.39. The van der Waals surface area contributed by atoms with Crippen molar-refractivity contribution in [3.05, 3.63) is 73.9 Å². The summed E-state index contributed by atoms with van der Waals surface area (Å²) in [6, 6.07) is 11.1. The lowest BCUT2D eigenvalue weighted by atomic mass is 10.1. The van der Waals surface area contributed by atoms with Crippen LogP contribution in [-0.4, -0.2) is 52.9 Å². The van der Waals surface area contributed by atoms with Crippen LogP contribution in [0.25, 0.3) is 17.1 Å². The number of carbonyl (C=O) groups excluding carboxylic acids is 2. The number of hydrogen-bond acceptors (Lipinski definition) is 8. The van der Waals surface area contributed by atoms with Crippen LogP contribution in [0.5, 0.6) is 5.88 Å². The molecule has 13 heteroatoms. The quantitative estimate of drug-likeness (QED) is 0.139. The number of methoxy groups -OCH3 is 1. The number of rotatable bonds is 8. The van der Waals surface area contributed by atoms with Crippen LogP contribution in [0.4, 0.5) is 0 Å². The second-order valence-electron chi connectivity index (χ2n) is 8.24. The zero-order valence-electron chi connectivity index (χ0n) is 20.6. The molecule has 1 aliphatic heterocycles. The second-order valence-corrected chi connectivity index (χ2v) is 9.09. The number of nitrogens with zero attached hydrogens (tertiary/aromatic N) is 3. The number of nitrogens with one attached hydrogen (secondary N) is 1. The minimum absolute atomic E-state index is 0.0495. The smallest absolute Gasteiger partial charge is 0.328 e. The first kappa shape index (κ1) is 27.8. The lowest BCUT2D eigenvalue weighted by molar-refractivity contribution is -0.757. The molecule has 1 saturated heterocycles. The van der Waals surface area contributed by atoms with Crippen LogP contribution in [0.1, 0.15) is 35.3 Å². The van der Waals surface area contributed by atoms with Gasteiger partial charge in [0.2, 0.25) is 5.88 Å². The van der Waals surface area contributed by atoms with Gasteiger partial charge in [0.05, 0.1) is 24.4 Å². The van der Waals surface area contributed by atoms with Gasteiger partial charge in [-0.05, 0) is 55.3 Å². The summed E-state index contributed by atoms with van der Waals surface area (Å²) in [5, 5.41) is 12.8. The summed E-state index contributed by atoms with van der Waals surface area (Å²) in [6.45, 7) is 0.189. The first-order valence-electron chi connectivity index (χ1n) is 11.7. The van der Waals surface area contributed by atoms with E-state index < -0.39 is 23.0 Å². The molecular weight excluding hydrogens is 551 g/mol. The Morgan fingerprint density at radius 3 is 2.72 bits per heavy atom. The third-order valence-corrected chi connectivity index (χ3v) is 6.22. The van der Waals surface area contributed by atoms with Gasteiger partial charge in [0.15, 0.2) is 5.69 Å². The van der Waals surface area contributed by atoms with Crippen LogP contribution in [0.15, 0.2) is 42.5 Å². The normalized spacial score (nSPS) is 14.5. The summed E-state index contributed by atoms with van der Waals surface area (Å²) in [5.41, 5.74) is 1.68.